The maximum atomic E-state index is 12.4. The van der Waals surface area contributed by atoms with Crippen molar-refractivity contribution < 1.29 is 14.3 Å². The number of benzene rings is 1. The van der Waals surface area contributed by atoms with Crippen LogP contribution in [0, 0.1) is 0 Å². The van der Waals surface area contributed by atoms with Gasteiger partial charge in [0.05, 0.1) is 5.69 Å². The number of nitrogen functional groups attached to an aromatic ring is 1. The maximum absolute atomic E-state index is 12.4. The molecular weight excluding hydrogens is 282 g/mol. The van der Waals surface area contributed by atoms with Crippen LogP contribution in [0.1, 0.15) is 26.7 Å². The lowest BCUT2D eigenvalue weighted by molar-refractivity contribution is -0.132. The van der Waals surface area contributed by atoms with E-state index in [1.807, 2.05) is 0 Å². The molecule has 0 radical (unpaired) electrons. The molecule has 2 rings (SSSR count). The standard InChI is InChI=1S/C16H23N3O3/c1-4-5-9-18(3)14(20)10-19-15-12(17)7-6-8-13(15)22-11(2)16(19)21/h6-8,11H,4-5,9-10,17H2,1-3H3. The number of anilines is 2. The van der Waals surface area contributed by atoms with Gasteiger partial charge in [-0.1, -0.05) is 19.4 Å². The quantitative estimate of drug-likeness (QED) is 0.839. The lowest BCUT2D eigenvalue weighted by atomic mass is 10.1. The average Bonchev–Trinajstić information content (AvgIpc) is 2.49. The first kappa shape index (κ1) is 16.1. The molecule has 2 N–H and O–H groups in total. The molecule has 1 aromatic carbocycles. The van der Waals surface area contributed by atoms with Crippen molar-refractivity contribution in [3.8, 4) is 5.75 Å². The van der Waals surface area contributed by atoms with E-state index in [4.69, 9.17) is 10.5 Å². The summed E-state index contributed by atoms with van der Waals surface area (Å²) in [5.74, 6) is 0.184. The van der Waals surface area contributed by atoms with Crippen LogP contribution in [-0.2, 0) is 9.59 Å². The Morgan fingerprint density at radius 2 is 2.18 bits per heavy atom. The van der Waals surface area contributed by atoms with Crippen LogP contribution in [0.2, 0.25) is 0 Å². The number of nitrogens with two attached hydrogens (primary N) is 1. The second kappa shape index (κ2) is 6.68. The summed E-state index contributed by atoms with van der Waals surface area (Å²) < 4.78 is 5.57. The van der Waals surface area contributed by atoms with Gasteiger partial charge in [0.25, 0.3) is 5.91 Å². The lowest BCUT2D eigenvalue weighted by Gasteiger charge is -2.34. The summed E-state index contributed by atoms with van der Waals surface area (Å²) >= 11 is 0. The molecule has 1 atom stereocenters. The first-order valence-electron chi connectivity index (χ1n) is 7.56. The number of ether oxygens (including phenoxy) is 1. The second-order valence-electron chi connectivity index (χ2n) is 5.55. The Morgan fingerprint density at radius 3 is 2.86 bits per heavy atom. The molecule has 1 unspecified atom stereocenters. The van der Waals surface area contributed by atoms with Gasteiger partial charge >= 0.3 is 0 Å². The smallest absolute Gasteiger partial charge is 0.268 e. The minimum atomic E-state index is -0.622. The van der Waals surface area contributed by atoms with Gasteiger partial charge in [-0.05, 0) is 25.5 Å². The molecule has 0 fully saturated rings. The van der Waals surface area contributed by atoms with Crippen molar-refractivity contribution in [1.29, 1.82) is 0 Å². The molecule has 1 heterocycles. The van der Waals surface area contributed by atoms with Gasteiger partial charge < -0.3 is 15.4 Å². The fourth-order valence-electron chi connectivity index (χ4n) is 2.43. The molecule has 1 aliphatic rings. The van der Waals surface area contributed by atoms with Crippen LogP contribution < -0.4 is 15.4 Å². The van der Waals surface area contributed by atoms with Gasteiger partial charge in [0.2, 0.25) is 5.91 Å². The molecule has 0 aromatic heterocycles. The Kier molecular flexibility index (Phi) is 4.90. The summed E-state index contributed by atoms with van der Waals surface area (Å²) in [6.07, 6.45) is 1.33. The minimum Gasteiger partial charge on any atom is -0.479 e. The Labute approximate surface area is 130 Å². The number of carbonyl (C=O) groups is 2. The van der Waals surface area contributed by atoms with E-state index >= 15 is 0 Å². The molecule has 1 aromatic rings. The van der Waals surface area contributed by atoms with Gasteiger partial charge in [0.15, 0.2) is 6.10 Å². The van der Waals surface area contributed by atoms with Crippen molar-refractivity contribution >= 4 is 23.2 Å². The van der Waals surface area contributed by atoms with Crippen LogP contribution in [0.4, 0.5) is 11.4 Å². The third-order valence-corrected chi connectivity index (χ3v) is 3.78. The zero-order valence-electron chi connectivity index (χ0n) is 13.3. The molecule has 6 heteroatoms. The van der Waals surface area contributed by atoms with Crippen molar-refractivity contribution in [2.24, 2.45) is 0 Å². The average molecular weight is 305 g/mol. The van der Waals surface area contributed by atoms with Crippen molar-refractivity contribution in [1.82, 2.24) is 4.90 Å². The summed E-state index contributed by atoms with van der Waals surface area (Å²) in [6.45, 7) is 4.41. The fourth-order valence-corrected chi connectivity index (χ4v) is 2.43. The molecule has 0 saturated carbocycles. The number of likely N-dealkylation sites (N-methyl/N-ethyl adjacent to an activating group) is 1. The van der Waals surface area contributed by atoms with Gasteiger partial charge in [0.1, 0.15) is 18.0 Å². The number of nitrogens with zero attached hydrogens (tertiary/aromatic N) is 2. The highest BCUT2D eigenvalue weighted by molar-refractivity contribution is 6.06. The number of para-hydroxylation sites is 1. The first-order valence-corrected chi connectivity index (χ1v) is 7.56. The molecule has 1 aliphatic heterocycles. The molecule has 0 saturated heterocycles. The minimum absolute atomic E-state index is 0.0199. The van der Waals surface area contributed by atoms with E-state index in [1.165, 1.54) is 4.90 Å². The largest absolute Gasteiger partial charge is 0.479 e. The molecule has 0 spiro atoms. The number of carbonyl (C=O) groups excluding carboxylic acids is 2. The van der Waals surface area contributed by atoms with Crippen molar-refractivity contribution in [3.63, 3.8) is 0 Å². The number of hydrogen-bond acceptors (Lipinski definition) is 4. The van der Waals surface area contributed by atoms with E-state index in [1.54, 1.807) is 37.1 Å². The predicted octanol–water partition coefficient (Wildman–Crippen LogP) is 1.64. The van der Waals surface area contributed by atoms with Gasteiger partial charge in [-0.2, -0.15) is 0 Å². The van der Waals surface area contributed by atoms with Crippen molar-refractivity contribution in [2.75, 3.05) is 30.8 Å². The SMILES string of the molecule is CCCCN(C)C(=O)CN1C(=O)C(C)Oc2cccc(N)c21. The summed E-state index contributed by atoms with van der Waals surface area (Å²) in [7, 11) is 1.75. The predicted molar refractivity (Wildman–Crippen MR) is 85.8 cm³/mol. The highest BCUT2D eigenvalue weighted by Crippen LogP contribution is 2.38. The van der Waals surface area contributed by atoms with Crippen LogP contribution in [0.5, 0.6) is 5.75 Å². The van der Waals surface area contributed by atoms with Crippen molar-refractivity contribution in [2.45, 2.75) is 32.8 Å². The van der Waals surface area contributed by atoms with E-state index in [-0.39, 0.29) is 18.4 Å². The Bertz CT molecular complexity index is 574. The monoisotopic (exact) mass is 305 g/mol. The number of hydrogen-bond donors (Lipinski definition) is 1. The maximum Gasteiger partial charge on any atom is 0.268 e. The van der Waals surface area contributed by atoms with E-state index < -0.39 is 6.10 Å². The number of rotatable bonds is 5. The molecule has 22 heavy (non-hydrogen) atoms. The fraction of sp³-hybridized carbons (Fsp3) is 0.500. The number of unbranched alkanes of at least 4 members (excludes halogenated alkanes) is 1. The van der Waals surface area contributed by atoms with E-state index in [0.29, 0.717) is 23.7 Å². The Hall–Kier alpha value is -2.24. The first-order chi connectivity index (χ1) is 10.5. The topological polar surface area (TPSA) is 75.9 Å². The summed E-state index contributed by atoms with van der Waals surface area (Å²) in [5.41, 5.74) is 6.89. The zero-order valence-corrected chi connectivity index (χ0v) is 13.3. The van der Waals surface area contributed by atoms with Gasteiger partial charge in [0, 0.05) is 13.6 Å². The van der Waals surface area contributed by atoms with Gasteiger partial charge in [-0.15, -0.1) is 0 Å². The summed E-state index contributed by atoms with van der Waals surface area (Å²) in [5, 5.41) is 0. The molecule has 0 aliphatic carbocycles. The van der Waals surface area contributed by atoms with Gasteiger partial charge in [-0.25, -0.2) is 0 Å². The third kappa shape index (κ3) is 3.16. The zero-order chi connectivity index (χ0) is 16.3. The van der Waals surface area contributed by atoms with Crippen LogP contribution in [-0.4, -0.2) is 43.0 Å². The highest BCUT2D eigenvalue weighted by Gasteiger charge is 2.34. The van der Waals surface area contributed by atoms with E-state index in [2.05, 4.69) is 6.92 Å². The van der Waals surface area contributed by atoms with Crippen LogP contribution in [0.3, 0.4) is 0 Å². The third-order valence-electron chi connectivity index (χ3n) is 3.78. The summed E-state index contributed by atoms with van der Waals surface area (Å²) in [4.78, 5) is 27.8. The van der Waals surface area contributed by atoms with Crippen LogP contribution >= 0.6 is 0 Å². The number of fused-ring (bicyclic) bond motifs is 1. The molecule has 0 bridgehead atoms. The Balaban J connectivity index is 2.23. The van der Waals surface area contributed by atoms with E-state index in [0.717, 1.165) is 12.8 Å². The molecule has 6 nitrogen and oxygen atoms in total. The summed E-state index contributed by atoms with van der Waals surface area (Å²) in [6, 6.07) is 5.22. The van der Waals surface area contributed by atoms with Crippen LogP contribution in [0.15, 0.2) is 18.2 Å². The molecular formula is C16H23N3O3. The normalized spacial score (nSPS) is 17.0. The second-order valence-corrected chi connectivity index (χ2v) is 5.55. The lowest BCUT2D eigenvalue weighted by Crippen LogP contribution is -2.49. The molecule has 120 valence electrons. The van der Waals surface area contributed by atoms with Crippen LogP contribution in [0.25, 0.3) is 0 Å². The highest BCUT2D eigenvalue weighted by atomic mass is 16.5. The Morgan fingerprint density at radius 1 is 1.45 bits per heavy atom. The number of amides is 2. The van der Waals surface area contributed by atoms with E-state index in [9.17, 15) is 9.59 Å². The molecule has 2 amide bonds. The van der Waals surface area contributed by atoms with Crippen molar-refractivity contribution in [3.05, 3.63) is 18.2 Å². The van der Waals surface area contributed by atoms with Gasteiger partial charge in [-0.3, -0.25) is 14.5 Å².